The first-order valence-corrected chi connectivity index (χ1v) is 5.31. The average molecular weight is 285 g/mol. The molecular weight excluding hydrogens is 278 g/mol. The zero-order valence-corrected chi connectivity index (χ0v) is 9.63. The van der Waals surface area contributed by atoms with Crippen molar-refractivity contribution in [3.8, 4) is 16.9 Å². The van der Waals surface area contributed by atoms with Gasteiger partial charge in [0.15, 0.2) is 0 Å². The number of phenolic OH excluding ortho intramolecular Hbond substituents is 1. The molecule has 2 rings (SSSR count). The average Bonchev–Trinajstić information content (AvgIpc) is 2.22. The smallest absolute Gasteiger partial charge is 0.131 e. The third-order valence-electron chi connectivity index (χ3n) is 2.18. The number of benzene rings is 2. The van der Waals surface area contributed by atoms with Crippen molar-refractivity contribution in [3.63, 3.8) is 0 Å². The molecule has 1 N–H and O–H groups in total. The molecule has 0 atom stereocenters. The summed E-state index contributed by atoms with van der Waals surface area (Å²) in [5, 5.41) is 9.54. The summed E-state index contributed by atoms with van der Waals surface area (Å²) in [6, 6.07) is 7.84. The molecule has 4 heteroatoms. The van der Waals surface area contributed by atoms with Crippen molar-refractivity contribution in [2.24, 2.45) is 0 Å². The van der Waals surface area contributed by atoms with Gasteiger partial charge in [-0.25, -0.2) is 8.78 Å². The molecule has 1 nitrogen and oxygen atoms in total. The lowest BCUT2D eigenvalue weighted by atomic mass is 10.0. The van der Waals surface area contributed by atoms with E-state index < -0.39 is 11.6 Å². The quantitative estimate of drug-likeness (QED) is 0.836. The highest BCUT2D eigenvalue weighted by molar-refractivity contribution is 9.10. The molecule has 0 heterocycles. The van der Waals surface area contributed by atoms with Crippen LogP contribution in [0.2, 0.25) is 0 Å². The largest absolute Gasteiger partial charge is 0.507 e. The van der Waals surface area contributed by atoms with E-state index in [4.69, 9.17) is 0 Å². The molecule has 0 saturated heterocycles. The summed E-state index contributed by atoms with van der Waals surface area (Å²) in [6.07, 6.45) is 0. The molecule has 0 unspecified atom stereocenters. The van der Waals surface area contributed by atoms with Crippen molar-refractivity contribution >= 4 is 15.9 Å². The van der Waals surface area contributed by atoms with Crippen LogP contribution >= 0.6 is 15.9 Å². The molecule has 0 aliphatic rings. The van der Waals surface area contributed by atoms with Gasteiger partial charge in [-0.05, 0) is 30.3 Å². The maximum Gasteiger partial charge on any atom is 0.131 e. The summed E-state index contributed by atoms with van der Waals surface area (Å²) in [5.41, 5.74) is 0.493. The van der Waals surface area contributed by atoms with E-state index in [1.54, 1.807) is 6.07 Å². The standard InChI is InChI=1S/C12H7BrF2O/c13-7-1-4-11(15)10(5-7)9-3-2-8(14)6-12(9)16/h1-6,16H. The Hall–Kier alpha value is -1.42. The predicted molar refractivity (Wildman–Crippen MR) is 61.2 cm³/mol. The van der Waals surface area contributed by atoms with E-state index in [2.05, 4.69) is 15.9 Å². The summed E-state index contributed by atoms with van der Waals surface area (Å²) >= 11 is 3.21. The molecule has 2 aromatic carbocycles. The second-order valence-electron chi connectivity index (χ2n) is 3.29. The molecule has 0 spiro atoms. The van der Waals surface area contributed by atoms with E-state index in [0.29, 0.717) is 4.47 Å². The zero-order chi connectivity index (χ0) is 11.7. The number of hydrogen-bond acceptors (Lipinski definition) is 1. The van der Waals surface area contributed by atoms with Gasteiger partial charge in [-0.15, -0.1) is 0 Å². The van der Waals surface area contributed by atoms with Gasteiger partial charge in [0, 0.05) is 21.7 Å². The third kappa shape index (κ3) is 2.07. The molecule has 0 fully saturated rings. The van der Waals surface area contributed by atoms with Crippen LogP contribution < -0.4 is 0 Å². The van der Waals surface area contributed by atoms with E-state index >= 15 is 0 Å². The Labute approximate surface area is 99.5 Å². The first-order valence-electron chi connectivity index (χ1n) is 4.52. The Morgan fingerprint density at radius 2 is 1.69 bits per heavy atom. The Morgan fingerprint density at radius 3 is 2.38 bits per heavy atom. The van der Waals surface area contributed by atoms with E-state index in [-0.39, 0.29) is 16.9 Å². The van der Waals surface area contributed by atoms with E-state index in [1.165, 1.54) is 24.3 Å². The van der Waals surface area contributed by atoms with Crippen molar-refractivity contribution < 1.29 is 13.9 Å². The molecule has 0 aromatic heterocycles. The molecule has 0 aliphatic heterocycles. The monoisotopic (exact) mass is 284 g/mol. The summed E-state index contributed by atoms with van der Waals surface area (Å²) in [5.74, 6) is -1.31. The molecule has 0 saturated carbocycles. The van der Waals surface area contributed by atoms with Gasteiger partial charge in [-0.3, -0.25) is 0 Å². The van der Waals surface area contributed by atoms with E-state index in [9.17, 15) is 13.9 Å². The molecule has 0 aliphatic carbocycles. The lowest BCUT2D eigenvalue weighted by Gasteiger charge is -2.06. The highest BCUT2D eigenvalue weighted by Gasteiger charge is 2.10. The molecule has 0 amide bonds. The Balaban J connectivity index is 2.62. The third-order valence-corrected chi connectivity index (χ3v) is 2.67. The van der Waals surface area contributed by atoms with Gasteiger partial charge in [0.2, 0.25) is 0 Å². The lowest BCUT2D eigenvalue weighted by molar-refractivity contribution is 0.470. The fourth-order valence-corrected chi connectivity index (χ4v) is 1.80. The minimum atomic E-state index is -0.559. The number of hydrogen-bond donors (Lipinski definition) is 1. The first kappa shape index (κ1) is 11.1. The maximum atomic E-state index is 13.5. The normalized spacial score (nSPS) is 10.4. The van der Waals surface area contributed by atoms with Crippen LogP contribution in [0, 0.1) is 11.6 Å². The summed E-state index contributed by atoms with van der Waals surface area (Å²) in [4.78, 5) is 0. The first-order chi connectivity index (χ1) is 7.58. The molecule has 0 bridgehead atoms. The van der Waals surface area contributed by atoms with Crippen LogP contribution in [-0.4, -0.2) is 5.11 Å². The number of phenols is 1. The van der Waals surface area contributed by atoms with Gasteiger partial charge in [0.1, 0.15) is 17.4 Å². The van der Waals surface area contributed by atoms with Gasteiger partial charge in [0.05, 0.1) is 0 Å². The number of rotatable bonds is 1. The van der Waals surface area contributed by atoms with Crippen molar-refractivity contribution in [1.82, 2.24) is 0 Å². The van der Waals surface area contributed by atoms with Gasteiger partial charge in [0.25, 0.3) is 0 Å². The maximum absolute atomic E-state index is 13.5. The highest BCUT2D eigenvalue weighted by atomic mass is 79.9. The van der Waals surface area contributed by atoms with Crippen LogP contribution in [0.4, 0.5) is 8.78 Å². The van der Waals surface area contributed by atoms with Crippen LogP contribution in [0.25, 0.3) is 11.1 Å². The van der Waals surface area contributed by atoms with Crippen molar-refractivity contribution in [1.29, 1.82) is 0 Å². The van der Waals surface area contributed by atoms with Gasteiger partial charge in [-0.2, -0.15) is 0 Å². The van der Waals surface area contributed by atoms with Crippen molar-refractivity contribution in [2.45, 2.75) is 0 Å². The minimum Gasteiger partial charge on any atom is -0.507 e. The van der Waals surface area contributed by atoms with Crippen LogP contribution in [-0.2, 0) is 0 Å². The molecule has 16 heavy (non-hydrogen) atoms. The van der Waals surface area contributed by atoms with Crippen LogP contribution in [0.5, 0.6) is 5.75 Å². The van der Waals surface area contributed by atoms with Crippen LogP contribution in [0.15, 0.2) is 40.9 Å². The van der Waals surface area contributed by atoms with Crippen molar-refractivity contribution in [3.05, 3.63) is 52.5 Å². The zero-order valence-electron chi connectivity index (χ0n) is 8.05. The van der Waals surface area contributed by atoms with Crippen LogP contribution in [0.3, 0.4) is 0 Å². The highest BCUT2D eigenvalue weighted by Crippen LogP contribution is 2.33. The number of aromatic hydroxyl groups is 1. The Morgan fingerprint density at radius 1 is 0.938 bits per heavy atom. The van der Waals surface area contributed by atoms with E-state index in [0.717, 1.165) is 6.07 Å². The molecule has 2 aromatic rings. The topological polar surface area (TPSA) is 20.2 Å². The summed E-state index contributed by atoms with van der Waals surface area (Å²) in [6.45, 7) is 0. The lowest BCUT2D eigenvalue weighted by Crippen LogP contribution is -1.86. The minimum absolute atomic E-state index is 0.229. The van der Waals surface area contributed by atoms with Crippen LogP contribution in [0.1, 0.15) is 0 Å². The fraction of sp³-hybridized carbons (Fsp3) is 0. The van der Waals surface area contributed by atoms with Gasteiger partial charge < -0.3 is 5.11 Å². The SMILES string of the molecule is Oc1cc(F)ccc1-c1cc(Br)ccc1F. The Kier molecular flexibility index (Phi) is 2.92. The van der Waals surface area contributed by atoms with Crippen molar-refractivity contribution in [2.75, 3.05) is 0 Å². The fourth-order valence-electron chi connectivity index (χ4n) is 1.44. The molecule has 82 valence electrons. The number of halogens is 3. The van der Waals surface area contributed by atoms with Gasteiger partial charge >= 0.3 is 0 Å². The summed E-state index contributed by atoms with van der Waals surface area (Å²) in [7, 11) is 0. The summed E-state index contributed by atoms with van der Waals surface area (Å²) < 4.78 is 27.0. The second kappa shape index (κ2) is 4.22. The predicted octanol–water partition coefficient (Wildman–Crippen LogP) is 4.10. The molecule has 0 radical (unpaired) electrons. The second-order valence-corrected chi connectivity index (χ2v) is 4.20. The Bertz CT molecular complexity index is 541. The van der Waals surface area contributed by atoms with Gasteiger partial charge in [-0.1, -0.05) is 15.9 Å². The van der Waals surface area contributed by atoms with E-state index in [1.807, 2.05) is 0 Å². The molecular formula is C12H7BrF2O.